The molecule has 0 bridgehead atoms. The van der Waals surface area contributed by atoms with Gasteiger partial charge in [0.1, 0.15) is 21.3 Å². The summed E-state index contributed by atoms with van der Waals surface area (Å²) in [4.78, 5) is 23.0. The van der Waals surface area contributed by atoms with E-state index in [0.717, 1.165) is 0 Å². The van der Waals surface area contributed by atoms with Crippen LogP contribution in [0, 0.1) is 24.1 Å². The Labute approximate surface area is 183 Å². The number of imidazole rings is 1. The molecule has 1 amide bonds. The van der Waals surface area contributed by atoms with Gasteiger partial charge in [0.15, 0.2) is 11.6 Å². The normalized spacial score (nSPS) is 10.5. The third-order valence-electron chi connectivity index (χ3n) is 3.68. The molecule has 2 N–H and O–H groups in total. The highest BCUT2D eigenvalue weighted by Gasteiger charge is 2.18. The molecule has 0 aliphatic heterocycles. The molecule has 1 aromatic carbocycles. The molecular formula is C18H11BrCl2FN5O2. The Bertz CT molecular complexity index is 1150. The summed E-state index contributed by atoms with van der Waals surface area (Å²) in [5, 5.41) is 11.6. The summed E-state index contributed by atoms with van der Waals surface area (Å²) in [6.45, 7) is 1.57. The van der Waals surface area contributed by atoms with Crippen molar-refractivity contribution in [3.05, 3.63) is 67.5 Å². The van der Waals surface area contributed by atoms with Crippen LogP contribution in [0.25, 0.3) is 0 Å². The van der Waals surface area contributed by atoms with Crippen molar-refractivity contribution in [3.8, 4) is 17.7 Å². The lowest BCUT2D eigenvalue weighted by molar-refractivity contribution is 0.0945. The molecule has 0 radical (unpaired) electrons. The zero-order chi connectivity index (χ0) is 21.1. The lowest BCUT2D eigenvalue weighted by Crippen LogP contribution is -2.24. The lowest BCUT2D eigenvalue weighted by Gasteiger charge is -2.12. The van der Waals surface area contributed by atoms with Gasteiger partial charge in [0.2, 0.25) is 5.88 Å². The second-order valence-electron chi connectivity index (χ2n) is 5.75. The fourth-order valence-electron chi connectivity index (χ4n) is 2.38. The van der Waals surface area contributed by atoms with E-state index in [4.69, 9.17) is 33.2 Å². The van der Waals surface area contributed by atoms with Crippen LogP contribution in [0.5, 0.6) is 11.6 Å². The Morgan fingerprint density at radius 1 is 1.38 bits per heavy atom. The number of hydrogen-bond donors (Lipinski definition) is 2. The molecular weight excluding hydrogens is 488 g/mol. The van der Waals surface area contributed by atoms with Gasteiger partial charge in [-0.05, 0) is 35.0 Å². The summed E-state index contributed by atoms with van der Waals surface area (Å²) in [7, 11) is 0. The number of rotatable bonds is 5. The van der Waals surface area contributed by atoms with Crippen molar-refractivity contribution in [3.63, 3.8) is 0 Å². The number of pyridine rings is 1. The van der Waals surface area contributed by atoms with Gasteiger partial charge in [-0.1, -0.05) is 29.3 Å². The van der Waals surface area contributed by atoms with Crippen molar-refractivity contribution in [2.24, 2.45) is 0 Å². The Morgan fingerprint density at radius 2 is 2.14 bits per heavy atom. The molecule has 11 heteroatoms. The maximum absolute atomic E-state index is 14.9. The molecule has 0 spiro atoms. The van der Waals surface area contributed by atoms with Gasteiger partial charge in [-0.2, -0.15) is 5.26 Å². The van der Waals surface area contributed by atoms with Crippen molar-refractivity contribution < 1.29 is 13.9 Å². The van der Waals surface area contributed by atoms with E-state index < -0.39 is 11.7 Å². The van der Waals surface area contributed by atoms with E-state index in [2.05, 4.69) is 36.2 Å². The summed E-state index contributed by atoms with van der Waals surface area (Å²) >= 11 is 15.1. The number of amides is 1. The molecule has 0 aliphatic rings. The van der Waals surface area contributed by atoms with Crippen LogP contribution in [0.1, 0.15) is 27.4 Å². The van der Waals surface area contributed by atoms with Crippen LogP contribution in [-0.4, -0.2) is 20.9 Å². The molecule has 29 heavy (non-hydrogen) atoms. The fraction of sp³-hybridized carbons (Fsp3) is 0.111. The molecule has 2 heterocycles. The Morgan fingerprint density at radius 3 is 2.79 bits per heavy atom. The molecule has 7 nitrogen and oxygen atoms in total. The maximum Gasteiger partial charge on any atom is 0.270 e. The summed E-state index contributed by atoms with van der Waals surface area (Å²) in [5.74, 6) is -1.08. The number of hydrogen-bond acceptors (Lipinski definition) is 5. The van der Waals surface area contributed by atoms with Gasteiger partial charge < -0.3 is 15.0 Å². The van der Waals surface area contributed by atoms with Crippen molar-refractivity contribution in [1.82, 2.24) is 20.3 Å². The first-order valence-corrected chi connectivity index (χ1v) is 9.56. The van der Waals surface area contributed by atoms with Crippen LogP contribution in [-0.2, 0) is 6.54 Å². The number of aromatic nitrogens is 3. The maximum atomic E-state index is 14.9. The van der Waals surface area contributed by atoms with Crippen LogP contribution >= 0.6 is 39.1 Å². The molecule has 0 unspecified atom stereocenters. The molecule has 2 aromatic heterocycles. The Balaban J connectivity index is 1.82. The predicted molar refractivity (Wildman–Crippen MR) is 108 cm³/mol. The van der Waals surface area contributed by atoms with Gasteiger partial charge in [-0.3, -0.25) is 4.79 Å². The van der Waals surface area contributed by atoms with Gasteiger partial charge in [0.25, 0.3) is 5.91 Å². The molecule has 0 fully saturated rings. The van der Waals surface area contributed by atoms with Gasteiger partial charge in [-0.25, -0.2) is 14.4 Å². The minimum atomic E-state index is -0.780. The van der Waals surface area contributed by atoms with Crippen LogP contribution in [0.4, 0.5) is 4.39 Å². The third kappa shape index (κ3) is 4.85. The van der Waals surface area contributed by atoms with E-state index >= 15 is 0 Å². The highest BCUT2D eigenvalue weighted by Crippen LogP contribution is 2.34. The topological polar surface area (TPSA) is 104 Å². The Hall–Kier alpha value is -2.67. The third-order valence-corrected chi connectivity index (χ3v) is 4.74. The van der Waals surface area contributed by atoms with Crippen molar-refractivity contribution in [2.75, 3.05) is 0 Å². The molecule has 3 aromatic rings. The van der Waals surface area contributed by atoms with Crippen LogP contribution < -0.4 is 10.1 Å². The lowest BCUT2D eigenvalue weighted by atomic mass is 10.2. The van der Waals surface area contributed by atoms with E-state index in [9.17, 15) is 9.18 Å². The number of ether oxygens (including phenoxy) is 1. The first-order chi connectivity index (χ1) is 13.8. The van der Waals surface area contributed by atoms with E-state index in [1.807, 2.05) is 6.07 Å². The van der Waals surface area contributed by atoms with Crippen molar-refractivity contribution >= 4 is 45.0 Å². The number of nitriles is 1. The molecule has 0 saturated carbocycles. The van der Waals surface area contributed by atoms with Crippen molar-refractivity contribution in [1.29, 1.82) is 5.26 Å². The first kappa shape index (κ1) is 21.0. The number of H-pyrrole nitrogens is 1. The summed E-state index contributed by atoms with van der Waals surface area (Å²) in [5.41, 5.74) is 0.550. The van der Waals surface area contributed by atoms with Crippen LogP contribution in [0.2, 0.25) is 10.2 Å². The van der Waals surface area contributed by atoms with Gasteiger partial charge in [-0.15, -0.1) is 0 Å². The number of aromatic amines is 1. The highest BCUT2D eigenvalue weighted by molar-refractivity contribution is 9.10. The highest BCUT2D eigenvalue weighted by atomic mass is 79.9. The monoisotopic (exact) mass is 497 g/mol. The number of halogens is 4. The number of carbonyl (C=O) groups excluding carboxylic acids is 1. The summed E-state index contributed by atoms with van der Waals surface area (Å²) < 4.78 is 20.7. The standard InChI is InChI=1S/C18H11BrCl2FN5O2/c1-8-25-15(17(19)26-8)18(28)24-7-10-2-3-11(20)16(14(10)22)29-13-5-9(6-23)4-12(21)27-13/h2-5H,7H2,1H3,(H,24,28)(H,25,26). The second kappa shape index (κ2) is 8.78. The van der Waals surface area contributed by atoms with E-state index in [1.165, 1.54) is 24.3 Å². The zero-order valence-electron chi connectivity index (χ0n) is 14.7. The van der Waals surface area contributed by atoms with Gasteiger partial charge in [0.05, 0.1) is 16.7 Å². The van der Waals surface area contributed by atoms with Crippen LogP contribution in [0.3, 0.4) is 0 Å². The molecule has 0 atom stereocenters. The largest absolute Gasteiger partial charge is 0.434 e. The van der Waals surface area contributed by atoms with E-state index in [1.54, 1.807) is 6.92 Å². The van der Waals surface area contributed by atoms with E-state index in [0.29, 0.717) is 10.4 Å². The average molecular weight is 499 g/mol. The summed E-state index contributed by atoms with van der Waals surface area (Å²) in [6, 6.07) is 7.38. The summed E-state index contributed by atoms with van der Waals surface area (Å²) in [6.07, 6.45) is 0. The number of aryl methyl sites for hydroxylation is 1. The number of nitrogens with zero attached hydrogens (tertiary/aromatic N) is 3. The van der Waals surface area contributed by atoms with Crippen molar-refractivity contribution in [2.45, 2.75) is 13.5 Å². The van der Waals surface area contributed by atoms with E-state index in [-0.39, 0.29) is 45.2 Å². The fourth-order valence-corrected chi connectivity index (χ4v) is 3.31. The minimum Gasteiger partial charge on any atom is -0.434 e. The molecule has 0 aliphatic carbocycles. The average Bonchev–Trinajstić information content (AvgIpc) is 3.02. The number of benzene rings is 1. The predicted octanol–water partition coefficient (Wildman–Crippen LogP) is 4.92. The van der Waals surface area contributed by atoms with Gasteiger partial charge >= 0.3 is 0 Å². The molecule has 0 saturated heterocycles. The minimum absolute atomic E-state index is 0.00945. The quantitative estimate of drug-likeness (QED) is 0.486. The number of carbonyl (C=O) groups is 1. The second-order valence-corrected chi connectivity index (χ2v) is 7.30. The molecule has 3 rings (SSSR count). The number of nitrogens with one attached hydrogen (secondary N) is 2. The zero-order valence-corrected chi connectivity index (χ0v) is 17.8. The van der Waals surface area contributed by atoms with Crippen LogP contribution in [0.15, 0.2) is 28.9 Å². The first-order valence-electron chi connectivity index (χ1n) is 8.01. The molecule has 148 valence electrons. The smallest absolute Gasteiger partial charge is 0.270 e. The van der Waals surface area contributed by atoms with Gasteiger partial charge in [0, 0.05) is 18.2 Å². The SMILES string of the molecule is Cc1nc(Br)c(C(=O)NCc2ccc(Cl)c(Oc3cc(C#N)cc(Cl)n3)c2F)[nH]1. The Kier molecular flexibility index (Phi) is 6.37.